The van der Waals surface area contributed by atoms with E-state index >= 15 is 0 Å². The predicted octanol–water partition coefficient (Wildman–Crippen LogP) is 1.82. The van der Waals surface area contributed by atoms with Crippen LogP contribution in [-0.4, -0.2) is 36.3 Å². The summed E-state index contributed by atoms with van der Waals surface area (Å²) in [7, 11) is -4.88. The van der Waals surface area contributed by atoms with E-state index in [2.05, 4.69) is 23.6 Å². The summed E-state index contributed by atoms with van der Waals surface area (Å²) < 4.78 is 25.6. The number of carbonyl (C=O) groups excluding carboxylic acids is 1. The average Bonchev–Trinajstić information content (AvgIpc) is 3.09. The number of esters is 1. The van der Waals surface area contributed by atoms with Crippen LogP contribution >= 0.6 is 7.82 Å². The Bertz CT molecular complexity index is 524. The fourth-order valence-corrected chi connectivity index (χ4v) is 4.00. The summed E-state index contributed by atoms with van der Waals surface area (Å²) in [5.41, 5.74) is 0. The molecule has 1 saturated heterocycles. The Hall–Kier alpha value is 0.280. The fraction of sp³-hybridized carbons (Fsp3) is 0.864. The zero-order chi connectivity index (χ0) is 22.1. The van der Waals surface area contributed by atoms with Gasteiger partial charge in [0.1, 0.15) is 6.10 Å². The summed E-state index contributed by atoms with van der Waals surface area (Å²) in [5.74, 6) is -0.393. The summed E-state index contributed by atoms with van der Waals surface area (Å²) >= 11 is 0. The van der Waals surface area contributed by atoms with E-state index in [-0.39, 0.29) is 49.2 Å². The molecule has 0 bridgehead atoms. The minimum absolute atomic E-state index is 0. The zero-order valence-electron chi connectivity index (χ0n) is 19.5. The smallest absolute Gasteiger partial charge is 0.756 e. The maximum absolute atomic E-state index is 11.9. The van der Waals surface area contributed by atoms with E-state index in [1.165, 1.54) is 51.4 Å². The van der Waals surface area contributed by atoms with Crippen molar-refractivity contribution in [3.63, 3.8) is 0 Å². The van der Waals surface area contributed by atoms with Gasteiger partial charge in [0.05, 0.1) is 13.2 Å². The molecule has 1 unspecified atom stereocenters. The van der Waals surface area contributed by atoms with Gasteiger partial charge in [-0.2, -0.15) is 0 Å². The van der Waals surface area contributed by atoms with Crippen molar-refractivity contribution in [1.29, 1.82) is 0 Å². The molecule has 0 saturated carbocycles. The van der Waals surface area contributed by atoms with Crippen LogP contribution in [0.2, 0.25) is 0 Å². The van der Waals surface area contributed by atoms with Gasteiger partial charge in [-0.25, -0.2) is 0 Å². The monoisotopic (exact) mass is 470 g/mol. The summed E-state index contributed by atoms with van der Waals surface area (Å²) in [4.78, 5) is 31.5. The SMILES string of the molecule is CCCCCCCC/C=C/CCCCCCCC(=O)O[C@@H]1COC[C@@H]1OP(=O)([O-])O.[Na+]. The summed E-state index contributed by atoms with van der Waals surface area (Å²) in [6.45, 7) is 2.29. The number of carbonyl (C=O) groups is 1. The topological polar surface area (TPSA) is 105 Å². The van der Waals surface area contributed by atoms with Crippen LogP contribution in [0.1, 0.15) is 96.8 Å². The van der Waals surface area contributed by atoms with Gasteiger partial charge in [-0.05, 0) is 32.1 Å². The molecular weight excluding hydrogens is 430 g/mol. The third kappa shape index (κ3) is 18.4. The molecule has 0 aromatic rings. The Morgan fingerprint density at radius 1 is 0.968 bits per heavy atom. The Morgan fingerprint density at radius 2 is 1.48 bits per heavy atom. The number of phosphoric ester groups is 1. The van der Waals surface area contributed by atoms with Gasteiger partial charge in [0.2, 0.25) is 0 Å². The molecule has 1 N–H and O–H groups in total. The van der Waals surface area contributed by atoms with Gasteiger partial charge in [-0.15, -0.1) is 0 Å². The molecule has 0 amide bonds. The van der Waals surface area contributed by atoms with Crippen molar-refractivity contribution in [1.82, 2.24) is 0 Å². The number of rotatable bonds is 18. The van der Waals surface area contributed by atoms with E-state index in [1.54, 1.807) is 0 Å². The van der Waals surface area contributed by atoms with Crippen molar-refractivity contribution in [3.8, 4) is 0 Å². The van der Waals surface area contributed by atoms with Gasteiger partial charge in [0.25, 0.3) is 7.82 Å². The van der Waals surface area contributed by atoms with E-state index in [0.717, 1.165) is 32.1 Å². The first-order chi connectivity index (χ1) is 14.4. The quantitative estimate of drug-likeness (QED) is 0.107. The Balaban J connectivity index is 0.00000900. The average molecular weight is 471 g/mol. The second-order valence-electron chi connectivity index (χ2n) is 8.01. The molecular formula is C22H40NaO7P. The van der Waals surface area contributed by atoms with Crippen molar-refractivity contribution in [3.05, 3.63) is 12.2 Å². The van der Waals surface area contributed by atoms with Gasteiger partial charge in [0.15, 0.2) is 6.10 Å². The third-order valence-electron chi connectivity index (χ3n) is 5.17. The molecule has 1 aliphatic rings. The summed E-state index contributed by atoms with van der Waals surface area (Å²) in [6, 6.07) is 0. The van der Waals surface area contributed by atoms with Crippen LogP contribution in [0.25, 0.3) is 0 Å². The maximum Gasteiger partial charge on any atom is 1.00 e. The normalized spacial score (nSPS) is 20.5. The first-order valence-electron chi connectivity index (χ1n) is 11.6. The van der Waals surface area contributed by atoms with Gasteiger partial charge < -0.3 is 23.8 Å². The molecule has 3 atom stereocenters. The van der Waals surface area contributed by atoms with Crippen LogP contribution in [0.15, 0.2) is 12.2 Å². The van der Waals surface area contributed by atoms with Crippen molar-refractivity contribution in [2.45, 2.75) is 109 Å². The standard InChI is InChI=1S/C22H41O7P.Na/c1-2-3-4-5-6-7-8-9-10-11-12-13-14-15-16-17-22(23)28-20-18-27-19-21(20)29-30(24,25)26;/h9-10,20-21H,2-8,11-19H2,1H3,(H2,24,25,26);/q;+1/p-1/b10-9+;/t20-,21+;/m1./s1. The van der Waals surface area contributed by atoms with Crippen molar-refractivity contribution >= 4 is 13.8 Å². The Kier molecular flexibility index (Phi) is 19.9. The van der Waals surface area contributed by atoms with Crippen molar-refractivity contribution in [2.75, 3.05) is 13.2 Å². The van der Waals surface area contributed by atoms with E-state index in [1.807, 2.05) is 0 Å². The predicted molar refractivity (Wildman–Crippen MR) is 115 cm³/mol. The number of hydrogen-bond acceptors (Lipinski definition) is 6. The van der Waals surface area contributed by atoms with Gasteiger partial charge >= 0.3 is 35.5 Å². The van der Waals surface area contributed by atoms with Gasteiger partial charge in [0, 0.05) is 6.42 Å². The Morgan fingerprint density at radius 3 is 2.06 bits per heavy atom. The molecule has 1 aliphatic heterocycles. The minimum Gasteiger partial charge on any atom is -0.756 e. The van der Waals surface area contributed by atoms with Crippen LogP contribution < -0.4 is 34.5 Å². The van der Waals surface area contributed by atoms with Crippen LogP contribution in [0, 0.1) is 0 Å². The molecule has 1 heterocycles. The first kappa shape index (κ1) is 31.3. The van der Waals surface area contributed by atoms with E-state index in [4.69, 9.17) is 14.4 Å². The molecule has 9 heteroatoms. The molecule has 1 fully saturated rings. The van der Waals surface area contributed by atoms with Crippen LogP contribution in [0.5, 0.6) is 0 Å². The van der Waals surface area contributed by atoms with Gasteiger partial charge in [-0.3, -0.25) is 9.36 Å². The van der Waals surface area contributed by atoms with E-state index in [0.29, 0.717) is 0 Å². The molecule has 0 aliphatic carbocycles. The molecule has 0 spiro atoms. The van der Waals surface area contributed by atoms with Crippen molar-refractivity contribution < 1.29 is 62.7 Å². The molecule has 176 valence electrons. The maximum atomic E-state index is 11.9. The summed E-state index contributed by atoms with van der Waals surface area (Å²) in [6.07, 6.45) is 18.6. The van der Waals surface area contributed by atoms with Crippen LogP contribution in [-0.2, 0) is 23.4 Å². The first-order valence-corrected chi connectivity index (χ1v) is 13.1. The molecule has 0 radical (unpaired) electrons. The summed E-state index contributed by atoms with van der Waals surface area (Å²) in [5, 5.41) is 0. The largest absolute Gasteiger partial charge is 1.00 e. The number of unbranched alkanes of at least 4 members (excludes halogenated alkanes) is 11. The van der Waals surface area contributed by atoms with Crippen molar-refractivity contribution in [2.24, 2.45) is 0 Å². The Labute approximate surface area is 210 Å². The molecule has 31 heavy (non-hydrogen) atoms. The van der Waals surface area contributed by atoms with Crippen LogP contribution in [0.4, 0.5) is 0 Å². The van der Waals surface area contributed by atoms with E-state index < -0.39 is 26.0 Å². The second-order valence-corrected chi connectivity index (χ2v) is 9.16. The number of hydrogen-bond donors (Lipinski definition) is 1. The molecule has 0 aromatic heterocycles. The fourth-order valence-electron chi connectivity index (χ4n) is 3.46. The minimum atomic E-state index is -4.88. The number of phosphoric acid groups is 1. The molecule has 0 aromatic carbocycles. The number of allylic oxidation sites excluding steroid dienone is 2. The number of ether oxygens (including phenoxy) is 2. The molecule has 7 nitrogen and oxygen atoms in total. The zero-order valence-corrected chi connectivity index (χ0v) is 22.4. The third-order valence-corrected chi connectivity index (χ3v) is 5.71. The van der Waals surface area contributed by atoms with Crippen LogP contribution in [0.3, 0.4) is 0 Å². The van der Waals surface area contributed by atoms with Gasteiger partial charge in [-0.1, -0.05) is 70.4 Å². The van der Waals surface area contributed by atoms with E-state index in [9.17, 15) is 14.3 Å². The second kappa shape index (κ2) is 19.7. The molecule has 1 rings (SSSR count).